The van der Waals surface area contributed by atoms with Gasteiger partial charge in [-0.3, -0.25) is 0 Å². The second-order valence-corrected chi connectivity index (χ2v) is 4.31. The van der Waals surface area contributed by atoms with Gasteiger partial charge in [0.2, 0.25) is 0 Å². The van der Waals surface area contributed by atoms with Crippen LogP contribution in [-0.2, 0) is 10.3 Å². The van der Waals surface area contributed by atoms with Crippen LogP contribution < -0.4 is 9.47 Å². The van der Waals surface area contributed by atoms with Crippen molar-refractivity contribution in [3.05, 3.63) is 23.3 Å². The number of esters is 1. The van der Waals surface area contributed by atoms with Crippen molar-refractivity contribution < 1.29 is 24.1 Å². The maximum atomic E-state index is 11.6. The lowest BCUT2D eigenvalue weighted by molar-refractivity contribution is 0.0597. The van der Waals surface area contributed by atoms with Crippen molar-refractivity contribution in [1.82, 2.24) is 0 Å². The number of benzene rings is 1. The van der Waals surface area contributed by atoms with Crippen LogP contribution in [0.3, 0.4) is 0 Å². The normalized spacial score (nSPS) is 11.0. The van der Waals surface area contributed by atoms with Gasteiger partial charge in [0.1, 0.15) is 0 Å². The summed E-state index contributed by atoms with van der Waals surface area (Å²) in [6, 6.07) is 3.05. The van der Waals surface area contributed by atoms with E-state index in [9.17, 15) is 9.90 Å². The minimum Gasteiger partial charge on any atom is -0.493 e. The predicted molar refractivity (Wildman–Crippen MR) is 66.1 cm³/mol. The monoisotopic (exact) mass is 254 g/mol. The topological polar surface area (TPSA) is 65.0 Å². The quantitative estimate of drug-likeness (QED) is 0.829. The average molecular weight is 254 g/mol. The van der Waals surface area contributed by atoms with Gasteiger partial charge < -0.3 is 19.3 Å². The third kappa shape index (κ3) is 2.73. The van der Waals surface area contributed by atoms with E-state index >= 15 is 0 Å². The summed E-state index contributed by atoms with van der Waals surface area (Å²) >= 11 is 0. The zero-order chi connectivity index (χ0) is 13.9. The summed E-state index contributed by atoms with van der Waals surface area (Å²) in [5.74, 6) is 0.275. The van der Waals surface area contributed by atoms with Crippen LogP contribution in [0, 0.1) is 0 Å². The van der Waals surface area contributed by atoms with Crippen molar-refractivity contribution in [2.24, 2.45) is 0 Å². The minimum absolute atomic E-state index is 0.298. The molecule has 0 radical (unpaired) electrons. The predicted octanol–water partition coefficient (Wildman–Crippen LogP) is 1.72. The molecule has 100 valence electrons. The fourth-order valence-electron chi connectivity index (χ4n) is 1.65. The zero-order valence-corrected chi connectivity index (χ0v) is 11.2. The van der Waals surface area contributed by atoms with Gasteiger partial charge in [-0.15, -0.1) is 0 Å². The van der Waals surface area contributed by atoms with Gasteiger partial charge in [0, 0.05) is 5.56 Å². The molecule has 0 spiro atoms. The molecule has 1 rings (SSSR count). The van der Waals surface area contributed by atoms with E-state index in [4.69, 9.17) is 9.47 Å². The number of methoxy groups -OCH3 is 3. The molecular formula is C13H18O5. The Labute approximate surface area is 106 Å². The number of ether oxygens (including phenoxy) is 3. The Bertz CT molecular complexity index is 445. The molecule has 0 amide bonds. The van der Waals surface area contributed by atoms with E-state index in [0.29, 0.717) is 22.6 Å². The molecule has 0 heterocycles. The Hall–Kier alpha value is -1.75. The highest BCUT2D eigenvalue weighted by Crippen LogP contribution is 2.38. The molecule has 0 atom stereocenters. The molecule has 0 unspecified atom stereocenters. The zero-order valence-electron chi connectivity index (χ0n) is 11.2. The van der Waals surface area contributed by atoms with Crippen molar-refractivity contribution in [1.29, 1.82) is 0 Å². The molecule has 1 N–H and O–H groups in total. The molecule has 0 fully saturated rings. The lowest BCUT2D eigenvalue weighted by atomic mass is 9.94. The molecule has 0 saturated heterocycles. The van der Waals surface area contributed by atoms with E-state index in [1.54, 1.807) is 13.8 Å². The van der Waals surface area contributed by atoms with Crippen molar-refractivity contribution in [2.45, 2.75) is 19.4 Å². The maximum Gasteiger partial charge on any atom is 0.337 e. The molecule has 0 aliphatic heterocycles. The van der Waals surface area contributed by atoms with Gasteiger partial charge in [0.05, 0.1) is 32.5 Å². The van der Waals surface area contributed by atoms with E-state index in [1.807, 2.05) is 0 Å². The summed E-state index contributed by atoms with van der Waals surface area (Å²) in [5.41, 5.74) is -0.403. The van der Waals surface area contributed by atoms with Gasteiger partial charge in [-0.1, -0.05) is 0 Å². The van der Waals surface area contributed by atoms with E-state index in [1.165, 1.54) is 33.5 Å². The van der Waals surface area contributed by atoms with E-state index in [0.717, 1.165) is 0 Å². The van der Waals surface area contributed by atoms with Crippen LogP contribution in [0.25, 0.3) is 0 Å². The molecule has 5 heteroatoms. The first-order valence-corrected chi connectivity index (χ1v) is 5.42. The first-order valence-electron chi connectivity index (χ1n) is 5.42. The molecule has 0 aliphatic carbocycles. The van der Waals surface area contributed by atoms with E-state index < -0.39 is 11.6 Å². The molecule has 1 aromatic carbocycles. The Morgan fingerprint density at radius 2 is 1.78 bits per heavy atom. The van der Waals surface area contributed by atoms with Crippen LogP contribution in [0.4, 0.5) is 0 Å². The summed E-state index contributed by atoms with van der Waals surface area (Å²) in [6.45, 7) is 3.21. The third-order valence-corrected chi connectivity index (χ3v) is 2.56. The fourth-order valence-corrected chi connectivity index (χ4v) is 1.65. The van der Waals surface area contributed by atoms with Gasteiger partial charge in [0.25, 0.3) is 0 Å². The second-order valence-electron chi connectivity index (χ2n) is 4.31. The average Bonchev–Trinajstić information content (AvgIpc) is 2.34. The number of carbonyl (C=O) groups excluding carboxylic acids is 1. The van der Waals surface area contributed by atoms with Crippen LogP contribution >= 0.6 is 0 Å². The van der Waals surface area contributed by atoms with Crippen LogP contribution in [-0.4, -0.2) is 32.4 Å². The van der Waals surface area contributed by atoms with Crippen LogP contribution in [0.1, 0.15) is 29.8 Å². The molecule has 0 bridgehead atoms. The minimum atomic E-state index is -1.16. The summed E-state index contributed by atoms with van der Waals surface area (Å²) in [5, 5.41) is 10.1. The van der Waals surface area contributed by atoms with Gasteiger partial charge in [-0.05, 0) is 26.0 Å². The fraction of sp³-hybridized carbons (Fsp3) is 0.462. The first kappa shape index (κ1) is 14.3. The van der Waals surface area contributed by atoms with Crippen molar-refractivity contribution in [3.8, 4) is 11.5 Å². The van der Waals surface area contributed by atoms with Crippen molar-refractivity contribution in [2.75, 3.05) is 21.3 Å². The maximum absolute atomic E-state index is 11.6. The number of hydrogen-bond donors (Lipinski definition) is 1. The van der Waals surface area contributed by atoms with E-state index in [-0.39, 0.29) is 0 Å². The molecule has 0 aliphatic rings. The number of hydrogen-bond acceptors (Lipinski definition) is 5. The smallest absolute Gasteiger partial charge is 0.337 e. The molecule has 0 aromatic heterocycles. The van der Waals surface area contributed by atoms with Gasteiger partial charge >= 0.3 is 5.97 Å². The van der Waals surface area contributed by atoms with Gasteiger partial charge in [-0.2, -0.15) is 0 Å². The van der Waals surface area contributed by atoms with Gasteiger partial charge in [-0.25, -0.2) is 4.79 Å². The molecule has 5 nitrogen and oxygen atoms in total. The Balaban J connectivity index is 3.51. The number of rotatable bonds is 4. The Kier molecular flexibility index (Phi) is 4.19. The highest BCUT2D eigenvalue weighted by atomic mass is 16.5. The number of carbonyl (C=O) groups is 1. The highest BCUT2D eigenvalue weighted by Gasteiger charge is 2.26. The summed E-state index contributed by atoms with van der Waals surface area (Å²) in [7, 11) is 4.24. The summed E-state index contributed by atoms with van der Waals surface area (Å²) in [4.78, 5) is 11.6. The second kappa shape index (κ2) is 5.27. The first-order chi connectivity index (χ1) is 8.35. The highest BCUT2D eigenvalue weighted by molar-refractivity contribution is 5.90. The van der Waals surface area contributed by atoms with Crippen LogP contribution in [0.5, 0.6) is 11.5 Å². The van der Waals surface area contributed by atoms with Crippen LogP contribution in [0.2, 0.25) is 0 Å². The lowest BCUT2D eigenvalue weighted by Crippen LogP contribution is -2.18. The SMILES string of the molecule is COC(=O)c1cc(OC)c(OC)c(C(C)(C)O)c1. The Morgan fingerprint density at radius 3 is 2.17 bits per heavy atom. The molecule has 1 aromatic rings. The van der Waals surface area contributed by atoms with Gasteiger partial charge in [0.15, 0.2) is 11.5 Å². The van der Waals surface area contributed by atoms with Crippen molar-refractivity contribution >= 4 is 5.97 Å². The van der Waals surface area contributed by atoms with Crippen molar-refractivity contribution in [3.63, 3.8) is 0 Å². The van der Waals surface area contributed by atoms with E-state index in [2.05, 4.69) is 4.74 Å². The molecule has 0 saturated carbocycles. The largest absolute Gasteiger partial charge is 0.493 e. The molecule has 18 heavy (non-hydrogen) atoms. The summed E-state index contributed by atoms with van der Waals surface area (Å²) in [6.07, 6.45) is 0. The summed E-state index contributed by atoms with van der Waals surface area (Å²) < 4.78 is 15.0. The molecular weight excluding hydrogens is 236 g/mol. The lowest BCUT2D eigenvalue weighted by Gasteiger charge is -2.23. The number of aliphatic hydroxyl groups is 1. The standard InChI is InChI=1S/C13H18O5/c1-13(2,15)9-6-8(12(14)18-5)7-10(16-3)11(9)17-4/h6-7,15H,1-5H3. The Morgan fingerprint density at radius 1 is 1.17 bits per heavy atom. The third-order valence-electron chi connectivity index (χ3n) is 2.56. The van der Waals surface area contributed by atoms with Crippen LogP contribution in [0.15, 0.2) is 12.1 Å².